The van der Waals surface area contributed by atoms with Gasteiger partial charge in [-0.2, -0.15) is 0 Å². The predicted octanol–water partition coefficient (Wildman–Crippen LogP) is 2.67. The van der Waals surface area contributed by atoms with Gasteiger partial charge in [-0.15, -0.1) is 11.3 Å². The average Bonchev–Trinajstić information content (AvgIpc) is 3.37. The Kier molecular flexibility index (Phi) is 5.49. The first kappa shape index (κ1) is 21.3. The van der Waals surface area contributed by atoms with Crippen LogP contribution in [0, 0.1) is 13.8 Å². The zero-order chi connectivity index (χ0) is 22.3. The van der Waals surface area contributed by atoms with Crippen LogP contribution in [0.5, 0.6) is 5.75 Å². The third-order valence-corrected chi connectivity index (χ3v) is 6.92. The lowest BCUT2D eigenvalue weighted by molar-refractivity contribution is -0.132. The Hall–Kier alpha value is -2.91. The number of fused-ring (bicyclic) bond motifs is 1. The molecular weight excluding hydrogens is 418 g/mol. The summed E-state index contributed by atoms with van der Waals surface area (Å²) in [7, 11) is 0. The molecule has 4 rings (SSSR count). The van der Waals surface area contributed by atoms with E-state index in [0.29, 0.717) is 47.6 Å². The highest BCUT2D eigenvalue weighted by Crippen LogP contribution is 2.46. The van der Waals surface area contributed by atoms with E-state index in [9.17, 15) is 14.7 Å². The number of ether oxygens (including phenoxy) is 1. The van der Waals surface area contributed by atoms with Crippen molar-refractivity contribution in [2.24, 2.45) is 5.73 Å². The van der Waals surface area contributed by atoms with Gasteiger partial charge in [0.2, 0.25) is 5.91 Å². The number of nitrogens with zero attached hydrogens (tertiary/aromatic N) is 2. The summed E-state index contributed by atoms with van der Waals surface area (Å²) in [6.07, 6.45) is 0.517. The lowest BCUT2D eigenvalue weighted by atomic mass is 9.78. The summed E-state index contributed by atoms with van der Waals surface area (Å²) in [4.78, 5) is 32.6. The minimum absolute atomic E-state index is 0.114. The molecule has 1 saturated heterocycles. The van der Waals surface area contributed by atoms with E-state index in [1.807, 2.05) is 13.8 Å². The second-order valence-electron chi connectivity index (χ2n) is 7.96. The fourth-order valence-electron chi connectivity index (χ4n) is 4.34. The highest BCUT2D eigenvalue weighted by Gasteiger charge is 2.47. The molecule has 3 N–H and O–H groups in total. The van der Waals surface area contributed by atoms with Crippen molar-refractivity contribution in [2.45, 2.75) is 39.2 Å². The van der Waals surface area contributed by atoms with Gasteiger partial charge in [-0.05, 0) is 39.3 Å². The van der Waals surface area contributed by atoms with Crippen molar-refractivity contribution >= 4 is 34.1 Å². The number of hydrogen-bond acceptors (Lipinski definition) is 7. The summed E-state index contributed by atoms with van der Waals surface area (Å²) in [5, 5.41) is 9.87. The molecule has 0 bridgehead atoms. The summed E-state index contributed by atoms with van der Waals surface area (Å²) < 4.78 is 12.0. The fourth-order valence-corrected chi connectivity index (χ4v) is 5.03. The smallest absolute Gasteiger partial charge is 0.252 e. The molecule has 1 fully saturated rings. The molecule has 164 valence electrons. The Morgan fingerprint density at radius 2 is 2.19 bits per heavy atom. The number of aryl methyl sites for hydroxylation is 2. The van der Waals surface area contributed by atoms with Gasteiger partial charge < -0.3 is 24.9 Å². The Morgan fingerprint density at radius 3 is 2.84 bits per heavy atom. The average molecular weight is 444 g/mol. The van der Waals surface area contributed by atoms with Crippen molar-refractivity contribution in [1.29, 1.82) is 0 Å². The maximum absolute atomic E-state index is 13.4. The maximum atomic E-state index is 13.4. The number of thiazole rings is 1. The molecule has 1 aliphatic heterocycles. The van der Waals surface area contributed by atoms with Crippen LogP contribution in [0.3, 0.4) is 0 Å². The van der Waals surface area contributed by atoms with Crippen LogP contribution in [0.1, 0.15) is 45.6 Å². The number of rotatable bonds is 7. The number of carbonyl (C=O) groups is 2. The van der Waals surface area contributed by atoms with Gasteiger partial charge in [-0.1, -0.05) is 0 Å². The van der Waals surface area contributed by atoms with Crippen LogP contribution >= 0.6 is 11.3 Å². The minimum atomic E-state index is -0.951. The number of hydrogen-bond donors (Lipinski definition) is 2. The number of benzene rings is 1. The maximum Gasteiger partial charge on any atom is 0.252 e. The van der Waals surface area contributed by atoms with Crippen LogP contribution in [0.25, 0.3) is 11.0 Å². The Morgan fingerprint density at radius 1 is 1.42 bits per heavy atom. The number of carbonyl (C=O) groups excluding carboxylic acids is 2. The largest absolute Gasteiger partial charge is 0.488 e. The third kappa shape index (κ3) is 3.47. The van der Waals surface area contributed by atoms with E-state index in [1.54, 1.807) is 29.5 Å². The van der Waals surface area contributed by atoms with Gasteiger partial charge in [0.1, 0.15) is 23.7 Å². The first-order valence-electron chi connectivity index (χ1n) is 10.1. The van der Waals surface area contributed by atoms with Gasteiger partial charge in [-0.3, -0.25) is 9.59 Å². The molecule has 2 amide bonds. The molecule has 3 aromatic rings. The molecule has 1 unspecified atom stereocenters. The van der Waals surface area contributed by atoms with Crippen molar-refractivity contribution in [3.63, 3.8) is 0 Å². The van der Waals surface area contributed by atoms with Crippen molar-refractivity contribution in [2.75, 3.05) is 19.7 Å². The van der Waals surface area contributed by atoms with E-state index in [-0.39, 0.29) is 24.6 Å². The number of aliphatic hydroxyl groups excluding tert-OH is 1. The number of furan rings is 1. The van der Waals surface area contributed by atoms with Crippen LogP contribution in [-0.2, 0) is 16.8 Å². The van der Waals surface area contributed by atoms with Crippen LogP contribution in [0.15, 0.2) is 22.1 Å². The molecule has 1 aromatic carbocycles. The molecule has 0 radical (unpaired) electrons. The molecule has 9 heteroatoms. The summed E-state index contributed by atoms with van der Waals surface area (Å²) in [6.45, 7) is 6.38. The van der Waals surface area contributed by atoms with Crippen LogP contribution < -0.4 is 10.5 Å². The Balaban J connectivity index is 1.90. The summed E-state index contributed by atoms with van der Waals surface area (Å²) in [6, 6.07) is 3.51. The molecule has 0 saturated carbocycles. The van der Waals surface area contributed by atoms with Gasteiger partial charge >= 0.3 is 0 Å². The number of β-amino-alcohol motifs (C(OH)–C–C–N with tert-alkyl or cyclic N) is 1. The first-order valence-corrected chi connectivity index (χ1v) is 10.9. The van der Waals surface area contributed by atoms with Gasteiger partial charge in [0, 0.05) is 24.0 Å². The zero-order valence-electron chi connectivity index (χ0n) is 17.7. The SMILES string of the molecule is Cc1ncsc1COc1ccc2oc(C)c(C(N)=O)c2c1C1(C)CCN(CCO)C1=O. The molecule has 1 aliphatic rings. The van der Waals surface area contributed by atoms with Crippen molar-refractivity contribution in [3.05, 3.63) is 45.1 Å². The molecule has 0 spiro atoms. The van der Waals surface area contributed by atoms with E-state index < -0.39 is 11.3 Å². The van der Waals surface area contributed by atoms with E-state index in [2.05, 4.69) is 4.98 Å². The molecule has 1 atom stereocenters. The molecule has 2 aromatic heterocycles. The number of aromatic nitrogens is 1. The van der Waals surface area contributed by atoms with Gasteiger partial charge in [0.25, 0.3) is 5.91 Å². The molecule has 3 heterocycles. The standard InChI is InChI=1S/C22H25N3O5S/c1-12-16(31-11-24-12)10-29-15-5-4-14-18(17(20(23)27)13(2)30-14)19(15)22(3)6-7-25(8-9-26)21(22)28/h4-5,11,26H,6-10H2,1-3H3,(H2,23,27). The van der Waals surface area contributed by atoms with E-state index in [1.165, 1.54) is 11.3 Å². The number of nitrogens with two attached hydrogens (primary N) is 1. The van der Waals surface area contributed by atoms with E-state index in [0.717, 1.165) is 10.6 Å². The van der Waals surface area contributed by atoms with Crippen molar-refractivity contribution in [3.8, 4) is 5.75 Å². The summed E-state index contributed by atoms with van der Waals surface area (Å²) in [5.74, 6) is 0.169. The van der Waals surface area contributed by atoms with Gasteiger partial charge in [0.15, 0.2) is 0 Å². The quantitative estimate of drug-likeness (QED) is 0.579. The third-order valence-electron chi connectivity index (χ3n) is 6.01. The monoisotopic (exact) mass is 443 g/mol. The topological polar surface area (TPSA) is 119 Å². The summed E-state index contributed by atoms with van der Waals surface area (Å²) in [5.41, 5.74) is 8.74. The minimum Gasteiger partial charge on any atom is -0.488 e. The lowest BCUT2D eigenvalue weighted by Gasteiger charge is -2.27. The van der Waals surface area contributed by atoms with Crippen molar-refractivity contribution < 1.29 is 23.8 Å². The Bertz CT molecular complexity index is 1170. The second-order valence-corrected chi connectivity index (χ2v) is 8.90. The second kappa shape index (κ2) is 7.97. The predicted molar refractivity (Wildman–Crippen MR) is 116 cm³/mol. The van der Waals surface area contributed by atoms with Crippen LogP contribution in [0.2, 0.25) is 0 Å². The van der Waals surface area contributed by atoms with Crippen molar-refractivity contribution in [1.82, 2.24) is 9.88 Å². The number of likely N-dealkylation sites (tertiary alicyclic amines) is 1. The van der Waals surface area contributed by atoms with Gasteiger partial charge in [-0.25, -0.2) is 4.98 Å². The normalized spacial score (nSPS) is 18.8. The zero-order valence-corrected chi connectivity index (χ0v) is 18.5. The first-order chi connectivity index (χ1) is 14.8. The fraction of sp³-hybridized carbons (Fsp3) is 0.409. The lowest BCUT2D eigenvalue weighted by Crippen LogP contribution is -2.37. The Labute approximate surface area is 183 Å². The highest BCUT2D eigenvalue weighted by molar-refractivity contribution is 7.09. The molecule has 0 aliphatic carbocycles. The van der Waals surface area contributed by atoms with Crippen LogP contribution in [0.4, 0.5) is 0 Å². The molecule has 31 heavy (non-hydrogen) atoms. The van der Waals surface area contributed by atoms with E-state index in [4.69, 9.17) is 14.9 Å². The molecular formula is C22H25N3O5S. The number of aliphatic hydroxyl groups is 1. The van der Waals surface area contributed by atoms with Gasteiger partial charge in [0.05, 0.1) is 33.7 Å². The summed E-state index contributed by atoms with van der Waals surface area (Å²) >= 11 is 1.50. The number of amides is 2. The highest BCUT2D eigenvalue weighted by atomic mass is 32.1. The van der Waals surface area contributed by atoms with Crippen LogP contribution in [-0.4, -0.2) is 46.5 Å². The van der Waals surface area contributed by atoms with E-state index >= 15 is 0 Å². The molecule has 8 nitrogen and oxygen atoms in total. The number of primary amides is 1.